The molecule has 0 spiro atoms. The first-order valence-corrected chi connectivity index (χ1v) is 4.17. The summed E-state index contributed by atoms with van der Waals surface area (Å²) < 4.78 is 0. The van der Waals surface area contributed by atoms with Crippen LogP contribution in [-0.2, 0) is 9.59 Å². The minimum Gasteiger partial charge on any atom is -0.481 e. The molecular weight excluding hydrogens is 174 g/mol. The quantitative estimate of drug-likeness (QED) is 0.569. The van der Waals surface area contributed by atoms with Crippen molar-refractivity contribution in [2.45, 2.75) is 19.4 Å². The molecule has 0 aromatic rings. The van der Waals surface area contributed by atoms with Gasteiger partial charge < -0.3 is 15.1 Å². The number of carboxylic acid groups (broad SMARTS) is 1. The summed E-state index contributed by atoms with van der Waals surface area (Å²) in [5.41, 5.74) is 0. The number of β-amino-alcohol motifs (C(OH)–C–C–N with tert-alkyl or cyclic N) is 1. The fourth-order valence-corrected chi connectivity index (χ4v) is 1.51. The zero-order valence-electron chi connectivity index (χ0n) is 7.43. The summed E-state index contributed by atoms with van der Waals surface area (Å²) in [6, 6.07) is 0. The second-order valence-corrected chi connectivity index (χ2v) is 3.35. The Morgan fingerprint density at radius 2 is 2.00 bits per heavy atom. The van der Waals surface area contributed by atoms with Crippen molar-refractivity contribution in [2.24, 2.45) is 5.92 Å². The van der Waals surface area contributed by atoms with Crippen LogP contribution < -0.4 is 0 Å². The summed E-state index contributed by atoms with van der Waals surface area (Å²) in [6.45, 7) is 1.83. The molecule has 0 aromatic heterocycles. The molecule has 1 aliphatic heterocycles. The highest BCUT2D eigenvalue weighted by Gasteiger charge is 2.31. The Hall–Kier alpha value is -1.10. The molecule has 1 rings (SSSR count). The second-order valence-electron chi connectivity index (χ2n) is 3.35. The number of hydrogen-bond acceptors (Lipinski definition) is 3. The highest BCUT2D eigenvalue weighted by molar-refractivity contribution is 5.76. The number of rotatable bonds is 1. The van der Waals surface area contributed by atoms with Crippen molar-refractivity contribution in [3.05, 3.63) is 0 Å². The van der Waals surface area contributed by atoms with Crippen LogP contribution in [0.25, 0.3) is 0 Å². The van der Waals surface area contributed by atoms with E-state index in [-0.39, 0.29) is 25.4 Å². The Kier molecular flexibility index (Phi) is 2.87. The van der Waals surface area contributed by atoms with Crippen LogP contribution in [0.4, 0.5) is 0 Å². The van der Waals surface area contributed by atoms with Gasteiger partial charge in [-0.15, -0.1) is 0 Å². The standard InChI is InChI=1S/C8H13NO4/c1-5(10)9-3-6(8(12)13)2-7(11)4-9/h6-7,11H,2-4H2,1H3,(H,12,13). The molecule has 1 aliphatic rings. The maximum absolute atomic E-state index is 10.9. The lowest BCUT2D eigenvalue weighted by atomic mass is 9.96. The number of likely N-dealkylation sites (tertiary alicyclic amines) is 1. The molecule has 74 valence electrons. The Morgan fingerprint density at radius 1 is 1.38 bits per heavy atom. The average molecular weight is 187 g/mol. The van der Waals surface area contributed by atoms with Crippen molar-refractivity contribution in [3.63, 3.8) is 0 Å². The van der Waals surface area contributed by atoms with Gasteiger partial charge in [-0.05, 0) is 6.42 Å². The third kappa shape index (κ3) is 2.42. The molecule has 1 heterocycles. The fourth-order valence-electron chi connectivity index (χ4n) is 1.51. The van der Waals surface area contributed by atoms with E-state index in [9.17, 15) is 14.7 Å². The summed E-state index contributed by atoms with van der Waals surface area (Å²) in [5.74, 6) is -1.78. The van der Waals surface area contributed by atoms with E-state index in [0.717, 1.165) is 0 Å². The van der Waals surface area contributed by atoms with Gasteiger partial charge >= 0.3 is 5.97 Å². The van der Waals surface area contributed by atoms with Crippen LogP contribution in [-0.4, -0.2) is 46.2 Å². The number of aliphatic carboxylic acids is 1. The first-order valence-electron chi connectivity index (χ1n) is 4.17. The molecule has 0 bridgehead atoms. The number of aliphatic hydroxyl groups is 1. The minimum atomic E-state index is -0.954. The molecule has 13 heavy (non-hydrogen) atoms. The zero-order valence-corrected chi connectivity index (χ0v) is 7.43. The summed E-state index contributed by atoms with van der Waals surface area (Å²) in [7, 11) is 0. The highest BCUT2D eigenvalue weighted by atomic mass is 16.4. The summed E-state index contributed by atoms with van der Waals surface area (Å²) in [4.78, 5) is 22.9. The molecule has 0 radical (unpaired) electrons. The lowest BCUT2D eigenvalue weighted by molar-refractivity contribution is -0.148. The lowest BCUT2D eigenvalue weighted by Gasteiger charge is -2.33. The highest BCUT2D eigenvalue weighted by Crippen LogP contribution is 2.16. The molecule has 2 unspecified atom stereocenters. The molecule has 0 saturated carbocycles. The van der Waals surface area contributed by atoms with Crippen LogP contribution >= 0.6 is 0 Å². The monoisotopic (exact) mass is 187 g/mol. The number of carbonyl (C=O) groups is 2. The van der Waals surface area contributed by atoms with Crippen LogP contribution in [0.15, 0.2) is 0 Å². The van der Waals surface area contributed by atoms with E-state index in [1.165, 1.54) is 11.8 Å². The van der Waals surface area contributed by atoms with E-state index in [1.54, 1.807) is 0 Å². The van der Waals surface area contributed by atoms with Crippen molar-refractivity contribution < 1.29 is 19.8 Å². The van der Waals surface area contributed by atoms with Gasteiger partial charge in [0.05, 0.1) is 12.0 Å². The van der Waals surface area contributed by atoms with Crippen LogP contribution in [0.1, 0.15) is 13.3 Å². The molecule has 1 amide bonds. The van der Waals surface area contributed by atoms with Crippen molar-refractivity contribution in [1.82, 2.24) is 4.90 Å². The zero-order chi connectivity index (χ0) is 10.0. The number of aliphatic hydroxyl groups excluding tert-OH is 1. The van der Waals surface area contributed by atoms with Gasteiger partial charge in [0.15, 0.2) is 0 Å². The van der Waals surface area contributed by atoms with Crippen LogP contribution in [0.2, 0.25) is 0 Å². The number of carbonyl (C=O) groups excluding carboxylic acids is 1. The number of nitrogens with zero attached hydrogens (tertiary/aromatic N) is 1. The van der Waals surface area contributed by atoms with Crippen molar-refractivity contribution in [1.29, 1.82) is 0 Å². The topological polar surface area (TPSA) is 77.8 Å². The van der Waals surface area contributed by atoms with E-state index in [1.807, 2.05) is 0 Å². The minimum absolute atomic E-state index is 0.190. The molecular formula is C8H13NO4. The molecule has 0 aliphatic carbocycles. The van der Waals surface area contributed by atoms with Gasteiger partial charge in [0.25, 0.3) is 0 Å². The van der Waals surface area contributed by atoms with Crippen molar-refractivity contribution in [3.8, 4) is 0 Å². The molecule has 2 N–H and O–H groups in total. The van der Waals surface area contributed by atoms with Gasteiger partial charge in [-0.25, -0.2) is 0 Å². The largest absolute Gasteiger partial charge is 0.481 e. The summed E-state index contributed by atoms with van der Waals surface area (Å²) in [5, 5.41) is 18.0. The Bertz CT molecular complexity index is 206. The summed E-state index contributed by atoms with van der Waals surface area (Å²) in [6.07, 6.45) is -0.474. The fraction of sp³-hybridized carbons (Fsp3) is 0.750. The third-order valence-corrected chi connectivity index (χ3v) is 2.22. The lowest BCUT2D eigenvalue weighted by Crippen LogP contribution is -2.47. The normalized spacial score (nSPS) is 28.6. The molecule has 5 heteroatoms. The summed E-state index contributed by atoms with van der Waals surface area (Å²) >= 11 is 0. The van der Waals surface area contributed by atoms with Crippen molar-refractivity contribution in [2.75, 3.05) is 13.1 Å². The molecule has 2 atom stereocenters. The van der Waals surface area contributed by atoms with Gasteiger partial charge in [0, 0.05) is 20.0 Å². The van der Waals surface area contributed by atoms with Gasteiger partial charge in [-0.2, -0.15) is 0 Å². The first kappa shape index (κ1) is 9.98. The van der Waals surface area contributed by atoms with Gasteiger partial charge in [-0.1, -0.05) is 0 Å². The van der Waals surface area contributed by atoms with Crippen LogP contribution in [0.3, 0.4) is 0 Å². The van der Waals surface area contributed by atoms with Gasteiger partial charge in [0.1, 0.15) is 0 Å². The predicted octanol–water partition coefficient (Wildman–Crippen LogP) is -0.700. The maximum atomic E-state index is 10.9. The Balaban J connectivity index is 2.62. The van der Waals surface area contributed by atoms with E-state index < -0.39 is 18.0 Å². The van der Waals surface area contributed by atoms with E-state index in [4.69, 9.17) is 5.11 Å². The molecule has 0 aromatic carbocycles. The van der Waals surface area contributed by atoms with E-state index in [0.29, 0.717) is 0 Å². The Morgan fingerprint density at radius 3 is 2.46 bits per heavy atom. The number of carboxylic acids is 1. The predicted molar refractivity (Wildman–Crippen MR) is 44.0 cm³/mol. The van der Waals surface area contributed by atoms with Crippen LogP contribution in [0.5, 0.6) is 0 Å². The van der Waals surface area contributed by atoms with E-state index >= 15 is 0 Å². The van der Waals surface area contributed by atoms with Crippen molar-refractivity contribution >= 4 is 11.9 Å². The second kappa shape index (κ2) is 3.74. The average Bonchev–Trinajstić information content (AvgIpc) is 2.03. The number of piperidine rings is 1. The first-order chi connectivity index (χ1) is 6.00. The smallest absolute Gasteiger partial charge is 0.308 e. The maximum Gasteiger partial charge on any atom is 0.308 e. The van der Waals surface area contributed by atoms with Crippen LogP contribution in [0, 0.1) is 5.92 Å². The van der Waals surface area contributed by atoms with E-state index in [2.05, 4.69) is 0 Å². The third-order valence-electron chi connectivity index (χ3n) is 2.22. The molecule has 1 saturated heterocycles. The Labute approximate surface area is 76.0 Å². The molecule has 1 fully saturated rings. The number of amides is 1. The van der Waals surface area contributed by atoms with Gasteiger partial charge in [-0.3, -0.25) is 9.59 Å². The molecule has 5 nitrogen and oxygen atoms in total. The SMILES string of the molecule is CC(=O)N1CC(O)CC(C(=O)O)C1. The van der Waals surface area contributed by atoms with Gasteiger partial charge in [0.2, 0.25) is 5.91 Å². The number of hydrogen-bond donors (Lipinski definition) is 2.